The van der Waals surface area contributed by atoms with Gasteiger partial charge in [-0.25, -0.2) is 20.8 Å². The summed E-state index contributed by atoms with van der Waals surface area (Å²) < 4.78 is 66.1. The normalized spacial score (nSPS) is 11.9. The van der Waals surface area contributed by atoms with Gasteiger partial charge in [0.2, 0.25) is 0 Å². The number of nitrogens with one attached hydrogen (secondary N) is 1. The Hall–Kier alpha value is -2.98. The molecule has 3 rings (SSSR count). The van der Waals surface area contributed by atoms with E-state index in [0.717, 1.165) is 3.97 Å². The number of rotatable bonds is 7. The Morgan fingerprint density at radius 1 is 0.867 bits per heavy atom. The van der Waals surface area contributed by atoms with Gasteiger partial charge in [0, 0.05) is 11.8 Å². The van der Waals surface area contributed by atoms with Crippen molar-refractivity contribution in [2.24, 2.45) is 0 Å². The Bertz CT molecular complexity index is 1280. The van der Waals surface area contributed by atoms with Crippen LogP contribution in [0.2, 0.25) is 0 Å². The number of hydrogen-bond donors (Lipinski definition) is 1. The number of hydrogen-bond acceptors (Lipinski definition) is 6. The molecule has 0 spiro atoms. The first-order valence-electron chi connectivity index (χ1n) is 8.86. The molecule has 0 atom stereocenters. The molecule has 0 saturated carbocycles. The third-order valence-corrected chi connectivity index (χ3v) is 7.94. The molecule has 3 aromatic rings. The molecule has 1 aromatic heterocycles. The van der Waals surface area contributed by atoms with E-state index in [1.54, 1.807) is 37.3 Å². The summed E-state index contributed by atoms with van der Waals surface area (Å²) in [5.74, 6) is 0.769. The summed E-state index contributed by atoms with van der Waals surface area (Å²) in [5.41, 5.74) is 0.559. The summed E-state index contributed by atoms with van der Waals surface area (Å²) in [6.07, 6.45) is 0. The summed E-state index contributed by atoms with van der Waals surface area (Å²) in [6.45, 7) is 2.99. The van der Waals surface area contributed by atoms with E-state index in [2.05, 4.69) is 4.72 Å². The molecule has 0 aliphatic rings. The van der Waals surface area contributed by atoms with Crippen LogP contribution in [0, 0.1) is 13.8 Å². The van der Waals surface area contributed by atoms with Crippen molar-refractivity contribution in [2.45, 2.75) is 23.6 Å². The zero-order valence-electron chi connectivity index (χ0n) is 16.9. The maximum atomic E-state index is 13.1. The highest BCUT2D eigenvalue weighted by molar-refractivity contribution is 7.93. The molecule has 0 unspecified atom stereocenters. The summed E-state index contributed by atoms with van der Waals surface area (Å²) in [5, 5.41) is 0. The number of methoxy groups -OCH3 is 2. The van der Waals surface area contributed by atoms with Crippen LogP contribution in [0.1, 0.15) is 11.4 Å². The zero-order chi connectivity index (χ0) is 22.1. The number of aryl methyl sites for hydroxylation is 1. The Morgan fingerprint density at radius 2 is 1.53 bits per heavy atom. The van der Waals surface area contributed by atoms with Gasteiger partial charge in [-0.15, -0.1) is 0 Å². The van der Waals surface area contributed by atoms with Crippen LogP contribution in [0.3, 0.4) is 0 Å². The van der Waals surface area contributed by atoms with Crippen molar-refractivity contribution in [1.82, 2.24) is 3.97 Å². The minimum atomic E-state index is -4.10. The van der Waals surface area contributed by atoms with E-state index in [4.69, 9.17) is 9.47 Å². The molecule has 8 nitrogen and oxygen atoms in total. The standard InChI is InChI=1S/C20H22N2O6S2/c1-14-12-20(15(2)22(14)30(25,26)17-8-6-5-7-9-17)29(23,24)21-18-11-10-16(27-3)13-19(18)28-4/h5-13,21H,1-4H3. The summed E-state index contributed by atoms with van der Waals surface area (Å²) >= 11 is 0. The number of anilines is 1. The molecule has 1 heterocycles. The smallest absolute Gasteiger partial charge is 0.268 e. The zero-order valence-corrected chi connectivity index (χ0v) is 18.5. The van der Waals surface area contributed by atoms with E-state index in [1.807, 2.05) is 0 Å². The average Bonchev–Trinajstić information content (AvgIpc) is 3.04. The van der Waals surface area contributed by atoms with Crippen LogP contribution in [-0.2, 0) is 20.0 Å². The van der Waals surface area contributed by atoms with Gasteiger partial charge in [0.15, 0.2) is 0 Å². The molecule has 0 fully saturated rings. The van der Waals surface area contributed by atoms with Crippen LogP contribution in [0.4, 0.5) is 5.69 Å². The predicted molar refractivity (Wildman–Crippen MR) is 113 cm³/mol. The third-order valence-electron chi connectivity index (χ3n) is 4.55. The van der Waals surface area contributed by atoms with E-state index in [9.17, 15) is 16.8 Å². The molecule has 0 saturated heterocycles. The summed E-state index contributed by atoms with van der Waals surface area (Å²) in [4.78, 5) is -0.0714. The fraction of sp³-hybridized carbons (Fsp3) is 0.200. The minimum Gasteiger partial charge on any atom is -0.497 e. The number of nitrogens with zero attached hydrogens (tertiary/aromatic N) is 1. The molecule has 0 aliphatic heterocycles. The molecule has 0 aliphatic carbocycles. The largest absolute Gasteiger partial charge is 0.497 e. The van der Waals surface area contributed by atoms with Gasteiger partial charge in [0.25, 0.3) is 20.0 Å². The molecule has 1 N–H and O–H groups in total. The molecule has 0 bridgehead atoms. The van der Waals surface area contributed by atoms with E-state index in [1.165, 1.54) is 45.4 Å². The van der Waals surface area contributed by atoms with E-state index in [-0.39, 0.29) is 32.6 Å². The second-order valence-corrected chi connectivity index (χ2v) is 9.93. The second kappa shape index (κ2) is 8.04. The van der Waals surface area contributed by atoms with E-state index < -0.39 is 20.0 Å². The summed E-state index contributed by atoms with van der Waals surface area (Å²) in [6, 6.07) is 13.8. The lowest BCUT2D eigenvalue weighted by molar-refractivity contribution is 0.395. The highest BCUT2D eigenvalue weighted by Crippen LogP contribution is 2.32. The van der Waals surface area contributed by atoms with Crippen LogP contribution >= 0.6 is 0 Å². The maximum absolute atomic E-state index is 13.1. The molecule has 10 heteroatoms. The molecule has 0 amide bonds. The Labute approximate surface area is 176 Å². The molecule has 2 aromatic carbocycles. The molecular weight excluding hydrogens is 428 g/mol. The molecular formula is C20H22N2O6S2. The Kier molecular flexibility index (Phi) is 5.82. The van der Waals surface area contributed by atoms with Crippen LogP contribution in [-0.4, -0.2) is 35.0 Å². The maximum Gasteiger partial charge on any atom is 0.268 e. The Balaban J connectivity index is 2.06. The van der Waals surface area contributed by atoms with Gasteiger partial charge in [-0.2, -0.15) is 0 Å². The van der Waals surface area contributed by atoms with Gasteiger partial charge in [-0.3, -0.25) is 4.72 Å². The van der Waals surface area contributed by atoms with Crippen LogP contribution in [0.25, 0.3) is 0 Å². The van der Waals surface area contributed by atoms with Crippen molar-refractivity contribution < 1.29 is 26.3 Å². The second-order valence-electron chi connectivity index (χ2n) is 6.49. The van der Waals surface area contributed by atoms with Gasteiger partial charge in [-0.1, -0.05) is 18.2 Å². The lowest BCUT2D eigenvalue weighted by Crippen LogP contribution is -2.18. The van der Waals surface area contributed by atoms with Crippen molar-refractivity contribution in [1.29, 1.82) is 0 Å². The fourth-order valence-corrected chi connectivity index (χ4v) is 6.17. The molecule has 160 valence electrons. The van der Waals surface area contributed by atoms with Crippen LogP contribution < -0.4 is 14.2 Å². The number of sulfonamides is 1. The van der Waals surface area contributed by atoms with Crippen LogP contribution in [0.15, 0.2) is 64.4 Å². The molecule has 30 heavy (non-hydrogen) atoms. The molecule has 0 radical (unpaired) electrons. The van der Waals surface area contributed by atoms with Gasteiger partial charge in [-0.05, 0) is 44.2 Å². The van der Waals surface area contributed by atoms with Crippen LogP contribution in [0.5, 0.6) is 11.5 Å². The van der Waals surface area contributed by atoms with Crippen molar-refractivity contribution in [3.8, 4) is 11.5 Å². The quantitative estimate of drug-likeness (QED) is 0.593. The van der Waals surface area contributed by atoms with Crippen molar-refractivity contribution in [3.05, 3.63) is 66.0 Å². The highest BCUT2D eigenvalue weighted by atomic mass is 32.2. The predicted octanol–water partition coefficient (Wildman–Crippen LogP) is 3.16. The van der Waals surface area contributed by atoms with E-state index in [0.29, 0.717) is 5.75 Å². The lowest BCUT2D eigenvalue weighted by Gasteiger charge is -2.14. The lowest BCUT2D eigenvalue weighted by atomic mass is 10.3. The van der Waals surface area contributed by atoms with Gasteiger partial charge >= 0.3 is 0 Å². The third kappa shape index (κ3) is 3.88. The monoisotopic (exact) mass is 450 g/mol. The fourth-order valence-electron chi connectivity index (χ4n) is 3.14. The highest BCUT2D eigenvalue weighted by Gasteiger charge is 2.28. The van der Waals surface area contributed by atoms with Crippen molar-refractivity contribution >= 4 is 25.7 Å². The SMILES string of the molecule is COc1ccc(NS(=O)(=O)c2cc(C)n(S(=O)(=O)c3ccccc3)c2C)c(OC)c1. The first-order chi connectivity index (χ1) is 14.1. The Morgan fingerprint density at radius 3 is 2.13 bits per heavy atom. The van der Waals surface area contributed by atoms with Crippen molar-refractivity contribution in [3.63, 3.8) is 0 Å². The first kappa shape index (κ1) is 21.7. The summed E-state index contributed by atoms with van der Waals surface area (Å²) in [7, 11) is -5.15. The van der Waals surface area contributed by atoms with Gasteiger partial charge in [0.05, 0.1) is 30.5 Å². The van der Waals surface area contributed by atoms with Crippen molar-refractivity contribution in [2.75, 3.05) is 18.9 Å². The van der Waals surface area contributed by atoms with E-state index >= 15 is 0 Å². The number of aromatic nitrogens is 1. The first-order valence-corrected chi connectivity index (χ1v) is 11.8. The van der Waals surface area contributed by atoms with Gasteiger partial charge in [0.1, 0.15) is 16.4 Å². The average molecular weight is 451 g/mol. The number of ether oxygens (including phenoxy) is 2. The van der Waals surface area contributed by atoms with Gasteiger partial charge < -0.3 is 9.47 Å². The topological polar surface area (TPSA) is 104 Å². The number of benzene rings is 2. The minimum absolute atomic E-state index is 0.0699.